The Hall–Kier alpha value is -0.750. The van der Waals surface area contributed by atoms with Crippen LogP contribution in [0.3, 0.4) is 0 Å². The number of benzene rings is 1. The van der Waals surface area contributed by atoms with Crippen molar-refractivity contribution in [3.8, 4) is 5.75 Å². The van der Waals surface area contributed by atoms with Gasteiger partial charge < -0.3 is 38.6 Å². The molecule has 2 N–H and O–H groups in total. The van der Waals surface area contributed by atoms with E-state index < -0.39 is 0 Å². The topological polar surface area (TPSA) is 36.0 Å². The van der Waals surface area contributed by atoms with Gasteiger partial charge in [-0.15, -0.1) is 0 Å². The Balaban J connectivity index is 0.00000180. The Morgan fingerprint density at radius 3 is 2.58 bits per heavy atom. The maximum atomic E-state index is 9.95. The molecule has 19 heavy (non-hydrogen) atoms. The number of fused-ring (bicyclic) bond motifs is 1. The quantitative estimate of drug-likeness (QED) is 0.570. The number of likely N-dealkylation sites (N-methyl/N-ethyl adjacent to an activating group) is 1. The molecule has 0 fully saturated rings. The summed E-state index contributed by atoms with van der Waals surface area (Å²) in [6.07, 6.45) is 2.99. The summed E-state index contributed by atoms with van der Waals surface area (Å²) in [5, 5.41) is 10.9. The van der Waals surface area contributed by atoms with Gasteiger partial charge >= 0.3 is 0 Å². The lowest BCUT2D eigenvalue weighted by atomic mass is 10.1. The number of hydrogen-bond donors (Lipinski definition) is 2. The smallest absolute Gasteiger partial charge is 0.125 e. The molecule has 0 aliphatic heterocycles. The first-order valence-electron chi connectivity index (χ1n) is 6.52. The van der Waals surface area contributed by atoms with Crippen molar-refractivity contribution in [2.24, 2.45) is 0 Å². The fraction of sp³-hybridized carbons (Fsp3) is 0.467. The molecule has 1 heterocycles. The number of aromatic nitrogens is 1. The molecule has 0 spiro atoms. The second-order valence-electron chi connectivity index (χ2n) is 5.86. The summed E-state index contributed by atoms with van der Waals surface area (Å²) in [4.78, 5) is 3.23. The van der Waals surface area contributed by atoms with Crippen molar-refractivity contribution in [1.82, 2.24) is 4.98 Å². The average Bonchev–Trinajstić information content (AvgIpc) is 2.71. The standard InChI is InChI=1S/C15H22N2O.HI/c1-11(2)17(3,4)9-8-12-10-16-13-6-5-7-14(18)15(12)13;/h5-7,10-11,16H,8-9H2,1-4H3;1H. The molecule has 0 saturated heterocycles. The number of rotatable bonds is 4. The van der Waals surface area contributed by atoms with E-state index in [1.165, 1.54) is 5.56 Å². The molecule has 1 aromatic carbocycles. The maximum Gasteiger partial charge on any atom is 0.125 e. The predicted molar refractivity (Wildman–Crippen MR) is 75.8 cm³/mol. The second kappa shape index (κ2) is 6.13. The van der Waals surface area contributed by atoms with Crippen molar-refractivity contribution in [3.63, 3.8) is 0 Å². The third-order valence-corrected chi connectivity index (χ3v) is 4.12. The van der Waals surface area contributed by atoms with Gasteiger partial charge in [0.05, 0.1) is 26.7 Å². The first-order valence-corrected chi connectivity index (χ1v) is 6.52. The van der Waals surface area contributed by atoms with E-state index in [0.717, 1.165) is 28.4 Å². The second-order valence-corrected chi connectivity index (χ2v) is 5.86. The first-order chi connectivity index (χ1) is 8.42. The normalized spacial score (nSPS) is 11.8. The highest BCUT2D eigenvalue weighted by molar-refractivity contribution is 5.88. The van der Waals surface area contributed by atoms with Crippen molar-refractivity contribution < 1.29 is 33.6 Å². The molecule has 0 aliphatic rings. The van der Waals surface area contributed by atoms with Gasteiger partial charge in [0, 0.05) is 23.5 Å². The van der Waals surface area contributed by atoms with Gasteiger partial charge in [-0.2, -0.15) is 0 Å². The minimum atomic E-state index is 0. The van der Waals surface area contributed by atoms with Gasteiger partial charge in [0.15, 0.2) is 0 Å². The van der Waals surface area contributed by atoms with Crippen molar-refractivity contribution in [1.29, 1.82) is 0 Å². The zero-order valence-electron chi connectivity index (χ0n) is 12.1. The maximum absolute atomic E-state index is 9.95. The number of quaternary nitrogens is 1. The summed E-state index contributed by atoms with van der Waals surface area (Å²) in [7, 11) is 4.50. The molecule has 3 nitrogen and oxygen atoms in total. The zero-order valence-corrected chi connectivity index (χ0v) is 14.2. The number of halogens is 1. The van der Waals surface area contributed by atoms with Crippen LogP contribution in [0.4, 0.5) is 0 Å². The van der Waals surface area contributed by atoms with Gasteiger partial charge in [-0.3, -0.25) is 0 Å². The SMILES string of the molecule is CC(C)[N+](C)(C)CCc1c[nH]c2cccc(O)c12.[I-]. The molecule has 106 valence electrons. The molecular weight excluding hydrogens is 351 g/mol. The summed E-state index contributed by atoms with van der Waals surface area (Å²) in [5.41, 5.74) is 2.22. The van der Waals surface area contributed by atoms with E-state index in [1.807, 2.05) is 18.3 Å². The van der Waals surface area contributed by atoms with Gasteiger partial charge in [0.25, 0.3) is 0 Å². The highest BCUT2D eigenvalue weighted by Gasteiger charge is 2.20. The Kier molecular flexibility index (Phi) is 5.26. The lowest BCUT2D eigenvalue weighted by molar-refractivity contribution is -0.910. The molecule has 2 rings (SSSR count). The summed E-state index contributed by atoms with van der Waals surface area (Å²) < 4.78 is 0.986. The number of aromatic hydroxyl groups is 1. The van der Waals surface area contributed by atoms with E-state index >= 15 is 0 Å². The van der Waals surface area contributed by atoms with Crippen LogP contribution in [0.25, 0.3) is 10.9 Å². The zero-order chi connectivity index (χ0) is 13.3. The predicted octanol–water partition coefficient (Wildman–Crippen LogP) is -0.0952. The fourth-order valence-corrected chi connectivity index (χ4v) is 2.10. The molecule has 1 aromatic heterocycles. The van der Waals surface area contributed by atoms with Crippen LogP contribution in [0.1, 0.15) is 19.4 Å². The molecule has 0 bridgehead atoms. The van der Waals surface area contributed by atoms with Gasteiger partial charge in [0.2, 0.25) is 0 Å². The van der Waals surface area contributed by atoms with E-state index in [2.05, 4.69) is 32.9 Å². The van der Waals surface area contributed by atoms with Crippen molar-refractivity contribution >= 4 is 10.9 Å². The van der Waals surface area contributed by atoms with Crippen LogP contribution in [0.15, 0.2) is 24.4 Å². The van der Waals surface area contributed by atoms with E-state index in [-0.39, 0.29) is 24.0 Å². The lowest BCUT2D eigenvalue weighted by Gasteiger charge is -2.34. The van der Waals surface area contributed by atoms with Crippen molar-refractivity contribution in [3.05, 3.63) is 30.0 Å². The number of nitrogens with zero attached hydrogens (tertiary/aromatic N) is 1. The fourth-order valence-electron chi connectivity index (χ4n) is 2.10. The molecule has 0 amide bonds. The third kappa shape index (κ3) is 3.42. The molecule has 2 aromatic rings. The van der Waals surface area contributed by atoms with E-state index in [9.17, 15) is 5.11 Å². The van der Waals surface area contributed by atoms with E-state index in [4.69, 9.17) is 0 Å². The van der Waals surface area contributed by atoms with Gasteiger partial charge in [-0.05, 0) is 31.5 Å². The number of phenols is 1. The van der Waals surface area contributed by atoms with Crippen LogP contribution in [0.5, 0.6) is 5.75 Å². The lowest BCUT2D eigenvalue weighted by Crippen LogP contribution is -3.00. The molecular formula is C15H23IN2O. The summed E-state index contributed by atoms with van der Waals surface area (Å²) in [5.74, 6) is 0.374. The highest BCUT2D eigenvalue weighted by atomic mass is 127. The van der Waals surface area contributed by atoms with Crippen molar-refractivity contribution in [2.75, 3.05) is 20.6 Å². The van der Waals surface area contributed by atoms with Crippen LogP contribution in [-0.4, -0.2) is 41.3 Å². The van der Waals surface area contributed by atoms with E-state index in [0.29, 0.717) is 11.8 Å². The Morgan fingerprint density at radius 1 is 1.26 bits per heavy atom. The summed E-state index contributed by atoms with van der Waals surface area (Å²) >= 11 is 0. The van der Waals surface area contributed by atoms with Crippen molar-refractivity contribution in [2.45, 2.75) is 26.3 Å². The molecule has 0 radical (unpaired) electrons. The minimum absolute atomic E-state index is 0. The Labute approximate surface area is 132 Å². The van der Waals surface area contributed by atoms with Crippen LogP contribution < -0.4 is 24.0 Å². The molecule has 4 heteroatoms. The van der Waals surface area contributed by atoms with Crippen LogP contribution in [-0.2, 0) is 6.42 Å². The molecule has 0 atom stereocenters. The van der Waals surface area contributed by atoms with Crippen LogP contribution in [0.2, 0.25) is 0 Å². The number of H-pyrrole nitrogens is 1. The largest absolute Gasteiger partial charge is 1.00 e. The number of phenolic OH excluding ortho intramolecular Hbond substituents is 1. The molecule has 0 saturated carbocycles. The number of aromatic amines is 1. The number of nitrogens with one attached hydrogen (secondary N) is 1. The van der Waals surface area contributed by atoms with E-state index in [1.54, 1.807) is 6.07 Å². The third-order valence-electron chi connectivity index (χ3n) is 4.12. The van der Waals surface area contributed by atoms with Gasteiger partial charge in [-0.1, -0.05) is 6.07 Å². The van der Waals surface area contributed by atoms with Crippen LogP contribution >= 0.6 is 0 Å². The van der Waals surface area contributed by atoms with Gasteiger partial charge in [-0.25, -0.2) is 0 Å². The van der Waals surface area contributed by atoms with Crippen LogP contribution in [0, 0.1) is 0 Å². The summed E-state index contributed by atoms with van der Waals surface area (Å²) in [6, 6.07) is 6.22. The Bertz CT molecular complexity index is 546. The van der Waals surface area contributed by atoms with Gasteiger partial charge in [0.1, 0.15) is 5.75 Å². The average molecular weight is 374 g/mol. The highest BCUT2D eigenvalue weighted by Crippen LogP contribution is 2.28. The monoisotopic (exact) mass is 374 g/mol. The Morgan fingerprint density at radius 2 is 1.95 bits per heavy atom. The summed E-state index contributed by atoms with van der Waals surface area (Å²) in [6.45, 7) is 5.55. The number of hydrogen-bond acceptors (Lipinski definition) is 1. The minimum Gasteiger partial charge on any atom is -1.00 e. The molecule has 0 aliphatic carbocycles. The molecule has 0 unspecified atom stereocenters. The first kappa shape index (κ1) is 16.3.